The Kier molecular flexibility index (Phi) is 3.67. The molecule has 5 nitrogen and oxygen atoms in total. The Labute approximate surface area is 94.9 Å². The van der Waals surface area contributed by atoms with E-state index in [0.717, 1.165) is 6.42 Å². The Bertz CT molecular complexity index is 336. The summed E-state index contributed by atoms with van der Waals surface area (Å²) in [6.45, 7) is 5.82. The van der Waals surface area contributed by atoms with Gasteiger partial charge in [0.25, 0.3) is 0 Å². The van der Waals surface area contributed by atoms with E-state index >= 15 is 0 Å². The van der Waals surface area contributed by atoms with Crippen LogP contribution < -0.4 is 10.4 Å². The van der Waals surface area contributed by atoms with Crippen LogP contribution in [0, 0.1) is 11.3 Å². The van der Waals surface area contributed by atoms with Crippen LogP contribution in [0.1, 0.15) is 40.0 Å². The van der Waals surface area contributed by atoms with Crippen molar-refractivity contribution in [2.45, 2.75) is 40.0 Å². The van der Waals surface area contributed by atoms with Crippen molar-refractivity contribution in [3.63, 3.8) is 0 Å². The summed E-state index contributed by atoms with van der Waals surface area (Å²) in [5.74, 6) is -0.688. The first kappa shape index (κ1) is 12.7. The van der Waals surface area contributed by atoms with Gasteiger partial charge in [-0.1, -0.05) is 20.8 Å². The number of imide groups is 1. The summed E-state index contributed by atoms with van der Waals surface area (Å²) >= 11 is 0. The number of nitrogens with zero attached hydrogens (tertiary/aromatic N) is 1. The first-order chi connectivity index (χ1) is 7.42. The molecule has 0 saturated heterocycles. The average molecular weight is 225 g/mol. The van der Waals surface area contributed by atoms with Gasteiger partial charge >= 0.3 is 6.03 Å². The van der Waals surface area contributed by atoms with Gasteiger partial charge in [-0.25, -0.2) is 9.79 Å². The third kappa shape index (κ3) is 2.23. The van der Waals surface area contributed by atoms with Crippen LogP contribution >= 0.6 is 0 Å². The Hall–Kier alpha value is -1.39. The molecule has 1 aliphatic heterocycles. The van der Waals surface area contributed by atoms with Crippen LogP contribution in [-0.4, -0.2) is 17.8 Å². The van der Waals surface area contributed by atoms with Crippen molar-refractivity contribution in [1.29, 1.82) is 0 Å². The fourth-order valence-electron chi connectivity index (χ4n) is 1.79. The van der Waals surface area contributed by atoms with E-state index in [1.54, 1.807) is 6.92 Å². The molecule has 0 radical (unpaired) electrons. The summed E-state index contributed by atoms with van der Waals surface area (Å²) in [6, 6.07) is -0.844. The van der Waals surface area contributed by atoms with Crippen LogP contribution in [0.4, 0.5) is 4.79 Å². The number of carbonyl (C=O) groups excluding carboxylic acids is 2. The quantitative estimate of drug-likeness (QED) is 0.769. The predicted octanol–water partition coefficient (Wildman–Crippen LogP) is 0.828. The van der Waals surface area contributed by atoms with E-state index in [0.29, 0.717) is 18.8 Å². The van der Waals surface area contributed by atoms with Crippen molar-refractivity contribution < 1.29 is 14.7 Å². The van der Waals surface area contributed by atoms with Gasteiger partial charge in [0.15, 0.2) is 0 Å². The van der Waals surface area contributed by atoms with Crippen LogP contribution in [0.5, 0.6) is 0 Å². The minimum atomic E-state index is -1.13. The van der Waals surface area contributed by atoms with Gasteiger partial charge in [-0.3, -0.25) is 10.1 Å². The first-order valence-electron chi connectivity index (χ1n) is 5.54. The highest BCUT2D eigenvalue weighted by molar-refractivity contribution is 6.15. The molecule has 1 unspecified atom stereocenters. The molecule has 0 aromatic heterocycles. The third-order valence-corrected chi connectivity index (χ3v) is 3.02. The topological polar surface area (TPSA) is 81.6 Å². The molecular weight excluding hydrogens is 208 g/mol. The summed E-state index contributed by atoms with van der Waals surface area (Å²) in [6.07, 6.45) is 1.58. The summed E-state index contributed by atoms with van der Waals surface area (Å²) in [5.41, 5.74) is -1.13. The van der Waals surface area contributed by atoms with Gasteiger partial charge in [-0.2, -0.15) is 0 Å². The average Bonchev–Trinajstić information content (AvgIpc) is 2.17. The SMILES string of the molecule is CCC1(CCC(C)C)C(=O)NC(=O)N=C1[O-]. The minimum Gasteiger partial charge on any atom is -0.861 e. The van der Waals surface area contributed by atoms with Crippen molar-refractivity contribution >= 4 is 17.8 Å². The maximum absolute atomic E-state index is 11.8. The van der Waals surface area contributed by atoms with Gasteiger partial charge in [-0.15, -0.1) is 0 Å². The fourth-order valence-corrected chi connectivity index (χ4v) is 1.79. The number of aliphatic imine (C=N–C) groups is 1. The highest BCUT2D eigenvalue weighted by Crippen LogP contribution is 2.32. The molecule has 1 aliphatic rings. The van der Waals surface area contributed by atoms with Crippen molar-refractivity contribution in [3.8, 4) is 0 Å². The Morgan fingerprint density at radius 2 is 2.06 bits per heavy atom. The smallest absolute Gasteiger partial charge is 0.346 e. The van der Waals surface area contributed by atoms with Crippen molar-refractivity contribution in [2.75, 3.05) is 0 Å². The molecular formula is C11H17N2O3-. The van der Waals surface area contributed by atoms with Crippen molar-refractivity contribution in [1.82, 2.24) is 5.32 Å². The molecule has 0 aromatic rings. The van der Waals surface area contributed by atoms with E-state index in [1.807, 2.05) is 13.8 Å². The summed E-state index contributed by atoms with van der Waals surface area (Å²) in [4.78, 5) is 26.0. The van der Waals surface area contributed by atoms with Gasteiger partial charge in [0, 0.05) is 0 Å². The standard InChI is InChI=1S/C11H18N2O3/c1-4-11(6-5-7(2)3)8(14)12-10(16)13-9(11)15/h7H,4-6H2,1-3H3,(H2,12,13,14,15,16)/p-1. The number of carbonyl (C=O) groups is 2. The van der Waals surface area contributed by atoms with Crippen LogP contribution in [0.25, 0.3) is 0 Å². The van der Waals surface area contributed by atoms with Gasteiger partial charge in [-0.05, 0) is 31.1 Å². The number of nitrogens with one attached hydrogen (secondary N) is 1. The highest BCUT2D eigenvalue weighted by Gasteiger charge is 2.40. The van der Waals surface area contributed by atoms with Crippen molar-refractivity contribution in [2.24, 2.45) is 16.3 Å². The normalized spacial score (nSPS) is 25.6. The molecule has 1 rings (SSSR count). The lowest BCUT2D eigenvalue weighted by Crippen LogP contribution is -2.56. The van der Waals surface area contributed by atoms with Crippen molar-refractivity contribution in [3.05, 3.63) is 0 Å². The molecule has 5 heteroatoms. The van der Waals surface area contributed by atoms with E-state index in [1.165, 1.54) is 0 Å². The molecule has 1 N–H and O–H groups in total. The highest BCUT2D eigenvalue weighted by atomic mass is 16.3. The van der Waals surface area contributed by atoms with E-state index in [-0.39, 0.29) is 0 Å². The van der Waals surface area contributed by atoms with Crippen LogP contribution in [-0.2, 0) is 4.79 Å². The Morgan fingerprint density at radius 1 is 1.44 bits per heavy atom. The lowest BCUT2D eigenvalue weighted by molar-refractivity contribution is -0.231. The fraction of sp³-hybridized carbons (Fsp3) is 0.727. The molecule has 0 bridgehead atoms. The molecule has 0 aliphatic carbocycles. The summed E-state index contributed by atoms with van der Waals surface area (Å²) in [5, 5.41) is 13.8. The lowest BCUT2D eigenvalue weighted by Gasteiger charge is -2.38. The molecule has 16 heavy (non-hydrogen) atoms. The predicted molar refractivity (Wildman–Crippen MR) is 57.8 cm³/mol. The number of urea groups is 1. The Balaban J connectivity index is 2.96. The van der Waals surface area contributed by atoms with E-state index in [2.05, 4.69) is 10.3 Å². The number of hydrogen-bond acceptors (Lipinski definition) is 3. The second-order valence-corrected chi connectivity index (χ2v) is 4.54. The molecule has 90 valence electrons. The van der Waals surface area contributed by atoms with Gasteiger partial charge in [0.1, 0.15) is 0 Å². The summed E-state index contributed by atoms with van der Waals surface area (Å²) < 4.78 is 0. The molecule has 0 spiro atoms. The number of amides is 3. The lowest BCUT2D eigenvalue weighted by atomic mass is 9.77. The largest absolute Gasteiger partial charge is 0.861 e. The second-order valence-electron chi connectivity index (χ2n) is 4.54. The first-order valence-corrected chi connectivity index (χ1v) is 5.54. The zero-order valence-corrected chi connectivity index (χ0v) is 9.87. The molecule has 3 amide bonds. The summed E-state index contributed by atoms with van der Waals surface area (Å²) in [7, 11) is 0. The molecule has 0 fully saturated rings. The minimum absolute atomic E-state index is 0.376. The zero-order chi connectivity index (χ0) is 12.3. The maximum atomic E-state index is 11.8. The van der Waals surface area contributed by atoms with E-state index < -0.39 is 23.3 Å². The third-order valence-electron chi connectivity index (χ3n) is 3.02. The Morgan fingerprint density at radius 3 is 2.50 bits per heavy atom. The van der Waals surface area contributed by atoms with Gasteiger partial charge < -0.3 is 5.11 Å². The molecule has 0 aromatic carbocycles. The molecule has 0 saturated carbocycles. The van der Waals surface area contributed by atoms with E-state index in [4.69, 9.17) is 0 Å². The van der Waals surface area contributed by atoms with Crippen LogP contribution in [0.3, 0.4) is 0 Å². The zero-order valence-electron chi connectivity index (χ0n) is 9.87. The van der Waals surface area contributed by atoms with Gasteiger partial charge in [0.05, 0.1) is 5.41 Å². The second kappa shape index (κ2) is 4.63. The van der Waals surface area contributed by atoms with Crippen LogP contribution in [0.2, 0.25) is 0 Å². The number of rotatable bonds is 4. The molecule has 1 heterocycles. The number of hydrogen-bond donors (Lipinski definition) is 1. The van der Waals surface area contributed by atoms with Gasteiger partial charge in [0.2, 0.25) is 5.91 Å². The monoisotopic (exact) mass is 225 g/mol. The maximum Gasteiger partial charge on any atom is 0.346 e. The van der Waals surface area contributed by atoms with E-state index in [9.17, 15) is 14.7 Å². The van der Waals surface area contributed by atoms with Crippen LogP contribution in [0.15, 0.2) is 4.99 Å². The molecule has 1 atom stereocenters.